The molecule has 0 fully saturated rings. The van der Waals surface area contributed by atoms with Crippen LogP contribution in [-0.2, 0) is 4.74 Å². The fourth-order valence-electron chi connectivity index (χ4n) is 1.80. The average molecular weight is 250 g/mol. The van der Waals surface area contributed by atoms with Crippen LogP contribution in [0.2, 0.25) is 0 Å². The largest absolute Gasteiger partial charge is 0.387 e. The lowest BCUT2D eigenvalue weighted by Crippen LogP contribution is -2.29. The van der Waals surface area contributed by atoms with E-state index < -0.39 is 0 Å². The molecule has 1 amide bonds. The highest BCUT2D eigenvalue weighted by Crippen LogP contribution is 2.18. The third-order valence-electron chi connectivity index (χ3n) is 2.86. The fourth-order valence-corrected chi connectivity index (χ4v) is 1.80. The second kappa shape index (κ2) is 7.01. The Morgan fingerprint density at radius 1 is 1.44 bits per heavy atom. The highest BCUT2D eigenvalue weighted by Gasteiger charge is 2.14. The van der Waals surface area contributed by atoms with E-state index in [2.05, 4.69) is 5.32 Å². The Morgan fingerprint density at radius 3 is 2.78 bits per heavy atom. The molecule has 0 aliphatic rings. The van der Waals surface area contributed by atoms with Crippen molar-refractivity contribution in [3.63, 3.8) is 0 Å². The molecule has 1 rings (SSSR count). The number of nitrogens with zero attached hydrogens (tertiary/aromatic N) is 1. The molecule has 0 aliphatic heterocycles. The molecule has 1 N–H and O–H groups in total. The number of ether oxygens (including phenoxy) is 1. The van der Waals surface area contributed by atoms with E-state index in [9.17, 15) is 4.79 Å². The molecule has 4 nitrogen and oxygen atoms in total. The van der Waals surface area contributed by atoms with Crippen LogP contribution >= 0.6 is 0 Å². The van der Waals surface area contributed by atoms with Gasteiger partial charge in [-0.2, -0.15) is 0 Å². The first-order valence-electron chi connectivity index (χ1n) is 6.13. The molecular formula is C14H22N2O2. The van der Waals surface area contributed by atoms with Crippen LogP contribution in [0.4, 0.5) is 5.69 Å². The van der Waals surface area contributed by atoms with Crippen molar-refractivity contribution in [1.82, 2.24) is 4.90 Å². The molecule has 0 atom stereocenters. The number of hydrogen-bond acceptors (Lipinski definition) is 3. The summed E-state index contributed by atoms with van der Waals surface area (Å²) in [5, 5.41) is 3.07. The maximum atomic E-state index is 12.3. The van der Waals surface area contributed by atoms with Gasteiger partial charge in [-0.3, -0.25) is 4.79 Å². The van der Waals surface area contributed by atoms with Crippen molar-refractivity contribution in [2.75, 3.05) is 39.7 Å². The van der Waals surface area contributed by atoms with E-state index in [0.29, 0.717) is 18.7 Å². The summed E-state index contributed by atoms with van der Waals surface area (Å²) in [6.07, 6.45) is 0.847. The van der Waals surface area contributed by atoms with Gasteiger partial charge in [0.2, 0.25) is 0 Å². The zero-order valence-electron chi connectivity index (χ0n) is 11.6. The SMILES string of the molecule is CNc1cc(C)ccc1C(=O)N(C)CCCOC. The number of aryl methyl sites for hydroxylation is 1. The Labute approximate surface area is 109 Å². The summed E-state index contributed by atoms with van der Waals surface area (Å²) in [5.74, 6) is 0.0375. The number of amides is 1. The van der Waals surface area contributed by atoms with Gasteiger partial charge in [0.25, 0.3) is 5.91 Å². The number of hydrogen-bond donors (Lipinski definition) is 1. The number of carbonyl (C=O) groups is 1. The molecule has 18 heavy (non-hydrogen) atoms. The molecule has 0 radical (unpaired) electrons. The molecule has 0 spiro atoms. The fraction of sp³-hybridized carbons (Fsp3) is 0.500. The molecule has 0 heterocycles. The van der Waals surface area contributed by atoms with E-state index in [0.717, 1.165) is 17.7 Å². The normalized spacial score (nSPS) is 10.2. The van der Waals surface area contributed by atoms with Crippen molar-refractivity contribution in [3.05, 3.63) is 29.3 Å². The van der Waals surface area contributed by atoms with E-state index >= 15 is 0 Å². The molecule has 0 unspecified atom stereocenters. The third kappa shape index (κ3) is 3.74. The number of carbonyl (C=O) groups excluding carboxylic acids is 1. The van der Waals surface area contributed by atoms with E-state index in [1.165, 1.54) is 0 Å². The molecule has 0 aromatic heterocycles. The maximum absolute atomic E-state index is 12.3. The highest BCUT2D eigenvalue weighted by atomic mass is 16.5. The van der Waals surface area contributed by atoms with Gasteiger partial charge in [0, 0.05) is 40.0 Å². The van der Waals surface area contributed by atoms with Crippen molar-refractivity contribution < 1.29 is 9.53 Å². The number of anilines is 1. The quantitative estimate of drug-likeness (QED) is 0.787. The van der Waals surface area contributed by atoms with Crippen molar-refractivity contribution in [2.24, 2.45) is 0 Å². The average Bonchev–Trinajstić information content (AvgIpc) is 2.37. The van der Waals surface area contributed by atoms with Crippen LogP contribution in [0.15, 0.2) is 18.2 Å². The van der Waals surface area contributed by atoms with E-state index in [-0.39, 0.29) is 5.91 Å². The predicted octanol–water partition coefficient (Wildman–Crippen LogP) is 2.15. The Bertz CT molecular complexity index is 405. The second-order valence-corrected chi connectivity index (χ2v) is 4.37. The molecule has 0 saturated heterocycles. The van der Waals surface area contributed by atoms with Gasteiger partial charge < -0.3 is 15.0 Å². The maximum Gasteiger partial charge on any atom is 0.255 e. The molecule has 4 heteroatoms. The Balaban J connectivity index is 2.76. The van der Waals surface area contributed by atoms with Crippen molar-refractivity contribution >= 4 is 11.6 Å². The summed E-state index contributed by atoms with van der Waals surface area (Å²) in [7, 11) is 5.31. The van der Waals surface area contributed by atoms with Crippen LogP contribution in [0, 0.1) is 6.92 Å². The van der Waals surface area contributed by atoms with Crippen LogP contribution in [0.25, 0.3) is 0 Å². The zero-order valence-corrected chi connectivity index (χ0v) is 11.6. The smallest absolute Gasteiger partial charge is 0.255 e. The first-order valence-corrected chi connectivity index (χ1v) is 6.13. The van der Waals surface area contributed by atoms with Crippen LogP contribution < -0.4 is 5.32 Å². The molecule has 0 saturated carbocycles. The lowest BCUT2D eigenvalue weighted by Gasteiger charge is -2.19. The lowest BCUT2D eigenvalue weighted by atomic mass is 10.1. The number of benzene rings is 1. The van der Waals surface area contributed by atoms with Gasteiger partial charge >= 0.3 is 0 Å². The molecule has 1 aromatic rings. The topological polar surface area (TPSA) is 41.6 Å². The minimum absolute atomic E-state index is 0.0375. The van der Waals surface area contributed by atoms with Gasteiger partial charge in [0.15, 0.2) is 0 Å². The van der Waals surface area contributed by atoms with Crippen molar-refractivity contribution in [1.29, 1.82) is 0 Å². The van der Waals surface area contributed by atoms with E-state index in [1.807, 2.05) is 39.2 Å². The Morgan fingerprint density at radius 2 is 2.17 bits per heavy atom. The van der Waals surface area contributed by atoms with Gasteiger partial charge in [0.05, 0.1) is 5.56 Å². The Hall–Kier alpha value is -1.55. The monoisotopic (exact) mass is 250 g/mol. The standard InChI is InChI=1S/C14H22N2O2/c1-11-6-7-12(13(10-11)15-2)14(17)16(3)8-5-9-18-4/h6-7,10,15H,5,8-9H2,1-4H3. The van der Waals surface area contributed by atoms with Crippen LogP contribution in [0.1, 0.15) is 22.3 Å². The van der Waals surface area contributed by atoms with Crippen molar-refractivity contribution in [3.8, 4) is 0 Å². The molecule has 1 aromatic carbocycles. The zero-order chi connectivity index (χ0) is 13.5. The predicted molar refractivity (Wildman–Crippen MR) is 74.2 cm³/mol. The summed E-state index contributed by atoms with van der Waals surface area (Å²) in [5.41, 5.74) is 2.72. The van der Waals surface area contributed by atoms with Crippen LogP contribution in [0.5, 0.6) is 0 Å². The summed E-state index contributed by atoms with van der Waals surface area (Å²) < 4.78 is 4.99. The molecule has 0 bridgehead atoms. The summed E-state index contributed by atoms with van der Waals surface area (Å²) in [6.45, 7) is 3.38. The molecular weight excluding hydrogens is 228 g/mol. The summed E-state index contributed by atoms with van der Waals surface area (Å²) in [4.78, 5) is 14.0. The molecule has 100 valence electrons. The first kappa shape index (κ1) is 14.5. The second-order valence-electron chi connectivity index (χ2n) is 4.37. The van der Waals surface area contributed by atoms with Crippen LogP contribution in [-0.4, -0.2) is 45.2 Å². The highest BCUT2D eigenvalue weighted by molar-refractivity contribution is 5.99. The van der Waals surface area contributed by atoms with Gasteiger partial charge in [-0.15, -0.1) is 0 Å². The summed E-state index contributed by atoms with van der Waals surface area (Å²) >= 11 is 0. The van der Waals surface area contributed by atoms with Gasteiger partial charge in [-0.25, -0.2) is 0 Å². The van der Waals surface area contributed by atoms with Gasteiger partial charge in [-0.05, 0) is 31.0 Å². The number of rotatable bonds is 6. The minimum atomic E-state index is 0.0375. The first-order chi connectivity index (χ1) is 8.60. The van der Waals surface area contributed by atoms with E-state index in [1.54, 1.807) is 12.0 Å². The van der Waals surface area contributed by atoms with Gasteiger partial charge in [-0.1, -0.05) is 6.07 Å². The third-order valence-corrected chi connectivity index (χ3v) is 2.86. The van der Waals surface area contributed by atoms with Crippen molar-refractivity contribution in [2.45, 2.75) is 13.3 Å². The summed E-state index contributed by atoms with van der Waals surface area (Å²) in [6, 6.07) is 5.81. The van der Waals surface area contributed by atoms with Crippen LogP contribution in [0.3, 0.4) is 0 Å². The van der Waals surface area contributed by atoms with Gasteiger partial charge in [0.1, 0.15) is 0 Å². The Kier molecular flexibility index (Phi) is 5.65. The number of nitrogens with one attached hydrogen (secondary N) is 1. The van der Waals surface area contributed by atoms with E-state index in [4.69, 9.17) is 4.74 Å². The molecule has 0 aliphatic carbocycles. The number of methoxy groups -OCH3 is 1. The minimum Gasteiger partial charge on any atom is -0.387 e. The lowest BCUT2D eigenvalue weighted by molar-refractivity contribution is 0.0780.